The number of nitrogens with zero attached hydrogens (tertiary/aromatic N) is 10. The largest absolute Gasteiger partial charge is 1.00 e. The number of alkyl halides is 3. The van der Waals surface area contributed by atoms with Gasteiger partial charge in [0.2, 0.25) is 0 Å². The predicted octanol–water partition coefficient (Wildman–Crippen LogP) is 3.16. The molecule has 0 saturated carbocycles. The summed E-state index contributed by atoms with van der Waals surface area (Å²) in [6.45, 7) is -2.25. The van der Waals surface area contributed by atoms with Crippen LogP contribution in [-0.2, 0) is 30.5 Å². The Balaban J connectivity index is 0.000000235. The number of benzene rings is 2. The molecule has 0 bridgehead atoms. The summed E-state index contributed by atoms with van der Waals surface area (Å²) in [5, 5.41) is 32.3. The summed E-state index contributed by atoms with van der Waals surface area (Å²) in [7, 11) is -6.09. The fraction of sp³-hybridized carbons (Fsp3) is 0.0385. The van der Waals surface area contributed by atoms with Crippen molar-refractivity contribution in [3.05, 3.63) is 128 Å². The molecule has 26 heteroatoms. The molecule has 52 heavy (non-hydrogen) atoms. The van der Waals surface area contributed by atoms with E-state index in [0.717, 1.165) is 10.9 Å². The second-order valence-corrected chi connectivity index (χ2v) is 12.9. The van der Waals surface area contributed by atoms with Crippen LogP contribution in [0.2, 0.25) is 20.1 Å². The fourth-order valence-electron chi connectivity index (χ4n) is 4.70. The van der Waals surface area contributed by atoms with Crippen molar-refractivity contribution in [3.63, 3.8) is 0 Å². The molecule has 0 aliphatic heterocycles. The van der Waals surface area contributed by atoms with Gasteiger partial charge in [0.15, 0.2) is 15.8 Å². The van der Waals surface area contributed by atoms with E-state index in [-0.39, 0.29) is 35.7 Å². The van der Waals surface area contributed by atoms with Gasteiger partial charge in [-0.05, 0) is 22.4 Å². The molecule has 0 atom stereocenters. The first-order valence-electron chi connectivity index (χ1n) is 13.3. The van der Waals surface area contributed by atoms with E-state index in [9.17, 15) is 23.3 Å². The summed E-state index contributed by atoms with van der Waals surface area (Å²) in [6, 6.07) is 13.4. The molecule has 15 nitrogen and oxygen atoms in total. The average Bonchev–Trinajstić information content (AvgIpc) is 3.88. The zero-order valence-corrected chi connectivity index (χ0v) is 30.4. The number of pyridine rings is 1. The quantitative estimate of drug-likeness (QED) is 0.0364. The Morgan fingerprint density at radius 1 is 0.788 bits per heavy atom. The van der Waals surface area contributed by atoms with Crippen molar-refractivity contribution in [2.24, 2.45) is 0 Å². The number of hydrogen-bond acceptors (Lipinski definition) is 10. The average molecular weight is 915 g/mol. The van der Waals surface area contributed by atoms with Gasteiger partial charge in [-0.15, -0.1) is 17.5 Å². The van der Waals surface area contributed by atoms with Gasteiger partial charge in [-0.25, -0.2) is 28.8 Å². The minimum absolute atomic E-state index is 0. The molecule has 0 spiro atoms. The van der Waals surface area contributed by atoms with Gasteiger partial charge in [-0.1, -0.05) is 70.7 Å². The van der Waals surface area contributed by atoms with Crippen LogP contribution in [0.15, 0.2) is 92.2 Å². The van der Waals surface area contributed by atoms with Crippen molar-refractivity contribution in [3.8, 4) is 0 Å². The van der Waals surface area contributed by atoms with Gasteiger partial charge in [-0.3, -0.25) is 10.1 Å². The van der Waals surface area contributed by atoms with Crippen molar-refractivity contribution in [1.82, 2.24) is 43.7 Å². The van der Waals surface area contributed by atoms with Gasteiger partial charge in [-0.2, -0.15) is 13.2 Å². The summed E-state index contributed by atoms with van der Waals surface area (Å²) >= 11 is 24.4. The molecule has 0 unspecified atom stereocenters. The standard InChI is InChI=1S/C13H7N2O2.C12H8BCl4N8.CHF3O3S.FH.Pd/c16-15(17)12-5-1-4-11-10(12)7-6-9-3-2-8-14-13(9)11;14-9-1-18-22(5-9)13(23-6-10(15)2-19-23,24-7-11(16)3-20-24)25-8-12(17)4-21-25;2-1(3,4)8(5,6)7;;/h1-3,5-8H;1-8H;(H,5,6,7);1H;/q2*-1;;;/p-2. The summed E-state index contributed by atoms with van der Waals surface area (Å²) < 4.78 is 65.2. The Bertz CT molecular complexity index is 2280. The summed E-state index contributed by atoms with van der Waals surface area (Å²) in [5.74, 6) is 0. The second kappa shape index (κ2) is 16.7. The van der Waals surface area contributed by atoms with Crippen LogP contribution in [0.5, 0.6) is 0 Å². The van der Waals surface area contributed by atoms with Crippen LogP contribution in [0.3, 0.4) is 0 Å². The normalized spacial score (nSPS) is 11.5. The third-order valence-corrected chi connectivity index (χ3v) is 8.05. The van der Waals surface area contributed by atoms with Gasteiger partial charge in [0.05, 0.1) is 44.9 Å². The number of nitro benzene ring substituents is 1. The molecule has 5 heterocycles. The Kier molecular flexibility index (Phi) is 13.6. The number of halogens is 8. The molecule has 278 valence electrons. The zero-order chi connectivity index (χ0) is 36.4. The number of nitro groups is 1. The van der Waals surface area contributed by atoms with Crippen molar-refractivity contribution in [2.45, 2.75) is 5.51 Å². The second-order valence-electron chi connectivity index (χ2n) is 9.83. The van der Waals surface area contributed by atoms with Crippen LogP contribution in [0, 0.1) is 16.2 Å². The van der Waals surface area contributed by atoms with E-state index in [1.807, 2.05) is 18.2 Å². The van der Waals surface area contributed by atoms with Gasteiger partial charge >= 0.3 is 12.2 Å². The minimum Gasteiger partial charge on any atom is -1.00 e. The summed E-state index contributed by atoms with van der Waals surface area (Å²) in [4.78, 5) is 14.8. The number of aromatic nitrogens is 9. The van der Waals surface area contributed by atoms with E-state index in [0.29, 0.717) is 30.9 Å². The van der Waals surface area contributed by atoms with E-state index in [4.69, 9.17) is 59.4 Å². The topological polar surface area (TPSA) is 185 Å². The van der Waals surface area contributed by atoms with Crippen LogP contribution < -0.4 is 4.70 Å². The number of hydrogen-bond donors (Lipinski definition) is 0. The first kappa shape index (κ1) is 42.3. The summed E-state index contributed by atoms with van der Waals surface area (Å²) in [5.41, 5.74) is -4.81. The number of non-ortho nitro benzene ring substituents is 1. The van der Waals surface area contributed by atoms with Crippen molar-refractivity contribution >= 4 is 90.6 Å². The van der Waals surface area contributed by atoms with E-state index in [1.54, 1.807) is 61.5 Å². The van der Waals surface area contributed by atoms with E-state index < -0.39 is 22.3 Å². The molecule has 0 N–H and O–H groups in total. The maximum Gasteiger partial charge on any atom is 0.485 e. The van der Waals surface area contributed by atoms with Crippen LogP contribution >= 0.6 is 46.4 Å². The minimum atomic E-state index is -6.09. The molecule has 0 fully saturated rings. The van der Waals surface area contributed by atoms with Crippen molar-refractivity contribution < 1.29 is 56.2 Å². The van der Waals surface area contributed by atoms with E-state index >= 15 is 0 Å². The summed E-state index contributed by atoms with van der Waals surface area (Å²) in [6.07, 6.45) is 14.2. The zero-order valence-electron chi connectivity index (χ0n) is 25.0. The first-order chi connectivity index (χ1) is 23.5. The Morgan fingerprint density at radius 2 is 1.21 bits per heavy atom. The van der Waals surface area contributed by atoms with Crippen LogP contribution in [0.4, 0.5) is 18.9 Å². The molecule has 0 amide bonds. The molecule has 0 aliphatic carbocycles. The number of rotatable bonds is 5. The molecular formula is C26H15BCl4F4N10O5PdS-4. The molecule has 5 aromatic heterocycles. The Labute approximate surface area is 322 Å². The predicted molar refractivity (Wildman–Crippen MR) is 177 cm³/mol. The molecule has 7 aromatic rings. The maximum atomic E-state index is 10.9. The van der Waals surface area contributed by atoms with Gasteiger partial charge in [0.1, 0.15) is 0 Å². The number of fused-ring (bicyclic) bond motifs is 3. The van der Waals surface area contributed by atoms with E-state index in [1.165, 1.54) is 30.9 Å². The van der Waals surface area contributed by atoms with Crippen LogP contribution in [0.1, 0.15) is 0 Å². The Morgan fingerprint density at radius 3 is 1.56 bits per heavy atom. The molecule has 2 aromatic carbocycles. The SMILES string of the molecule is Clc1cnn([B-](n2cc(Cl)cn2)(n2cc(Cl)cn2)n2cc(Cl)cn2)c1.O=S(=O)([O-])C(F)(F)F.O=[N+]([O-])c1cc[c-]c2c1ccc1cccnc12.[F-].[Pd]. The van der Waals surface area contributed by atoms with Crippen molar-refractivity contribution in [1.29, 1.82) is 0 Å². The van der Waals surface area contributed by atoms with Gasteiger partial charge < -0.3 is 32.6 Å². The third kappa shape index (κ3) is 8.73. The monoisotopic (exact) mass is 912 g/mol. The molecule has 0 aliphatic rings. The smallest absolute Gasteiger partial charge is 0.485 e. The van der Waals surface area contributed by atoms with Crippen LogP contribution in [-0.4, -0.2) is 73.8 Å². The van der Waals surface area contributed by atoms with Crippen molar-refractivity contribution in [2.75, 3.05) is 0 Å². The molecule has 0 saturated heterocycles. The molecule has 0 radical (unpaired) electrons. The fourth-order valence-corrected chi connectivity index (χ4v) is 5.28. The molecule has 7 rings (SSSR count). The first-order valence-corrected chi connectivity index (χ1v) is 16.3. The molecular weight excluding hydrogens is 899 g/mol. The maximum absolute atomic E-state index is 10.9. The van der Waals surface area contributed by atoms with Gasteiger partial charge in [0.25, 0.3) is 0 Å². The van der Waals surface area contributed by atoms with Crippen LogP contribution in [0.25, 0.3) is 21.7 Å². The van der Waals surface area contributed by atoms with Gasteiger partial charge in [0, 0.05) is 56.3 Å². The third-order valence-electron chi connectivity index (χ3n) is 6.70. The van der Waals surface area contributed by atoms with E-state index in [2.05, 4.69) is 31.4 Å². The Hall–Kier alpha value is -4.13.